The largest absolute Gasteiger partial charge is 0.496 e. The number of ether oxygens (including phenoxy) is 1. The van der Waals surface area contributed by atoms with Crippen LogP contribution in [-0.2, 0) is 13.0 Å². The molecule has 4 heteroatoms. The Morgan fingerprint density at radius 1 is 1.39 bits per heavy atom. The monoisotopic (exact) mass is 262 g/mol. The Labute approximate surface area is 112 Å². The molecule has 0 saturated heterocycles. The second-order valence-electron chi connectivity index (χ2n) is 4.11. The third-order valence-corrected chi connectivity index (χ3v) is 4.15. The first-order chi connectivity index (χ1) is 8.69. The summed E-state index contributed by atoms with van der Waals surface area (Å²) >= 11 is 1.65. The van der Waals surface area contributed by atoms with Gasteiger partial charge in [-0.15, -0.1) is 11.3 Å². The summed E-state index contributed by atoms with van der Waals surface area (Å²) in [5.41, 5.74) is 9.09. The Morgan fingerprint density at radius 2 is 2.17 bits per heavy atom. The molecule has 1 heterocycles. The first-order valence-corrected chi connectivity index (χ1v) is 6.84. The lowest BCUT2D eigenvalue weighted by Crippen LogP contribution is -1.94. The summed E-state index contributed by atoms with van der Waals surface area (Å²) in [6.45, 7) is 4.65. The maximum Gasteiger partial charge on any atom is 0.127 e. The number of benzene rings is 1. The van der Waals surface area contributed by atoms with E-state index in [0.29, 0.717) is 6.54 Å². The van der Waals surface area contributed by atoms with Crippen LogP contribution in [0.5, 0.6) is 5.75 Å². The molecule has 1 aromatic heterocycles. The quantitative estimate of drug-likeness (QED) is 0.920. The van der Waals surface area contributed by atoms with Gasteiger partial charge in [0, 0.05) is 12.1 Å². The van der Waals surface area contributed by atoms with Crippen LogP contribution in [0.25, 0.3) is 10.4 Å². The number of rotatable bonds is 4. The van der Waals surface area contributed by atoms with E-state index in [4.69, 9.17) is 10.5 Å². The summed E-state index contributed by atoms with van der Waals surface area (Å²) in [6, 6.07) is 6.30. The van der Waals surface area contributed by atoms with E-state index in [1.807, 2.05) is 13.0 Å². The number of thiazole rings is 1. The molecule has 0 aliphatic heterocycles. The Kier molecular flexibility index (Phi) is 3.99. The fourth-order valence-electron chi connectivity index (χ4n) is 1.94. The van der Waals surface area contributed by atoms with Gasteiger partial charge in [0.15, 0.2) is 0 Å². The summed E-state index contributed by atoms with van der Waals surface area (Å²) < 4.78 is 5.44. The summed E-state index contributed by atoms with van der Waals surface area (Å²) in [7, 11) is 1.70. The minimum Gasteiger partial charge on any atom is -0.496 e. The predicted molar refractivity (Wildman–Crippen MR) is 76.1 cm³/mol. The van der Waals surface area contributed by atoms with Gasteiger partial charge in [-0.25, -0.2) is 4.98 Å². The smallest absolute Gasteiger partial charge is 0.127 e. The lowest BCUT2D eigenvalue weighted by molar-refractivity contribution is 0.416. The van der Waals surface area contributed by atoms with E-state index in [1.54, 1.807) is 18.4 Å². The number of nitrogens with two attached hydrogens (primary N) is 1. The van der Waals surface area contributed by atoms with Crippen LogP contribution in [0.2, 0.25) is 0 Å². The molecule has 1 aromatic carbocycles. The molecule has 0 atom stereocenters. The lowest BCUT2D eigenvalue weighted by Gasteiger charge is -2.09. The van der Waals surface area contributed by atoms with Crippen molar-refractivity contribution in [2.45, 2.75) is 26.8 Å². The van der Waals surface area contributed by atoms with E-state index < -0.39 is 0 Å². The van der Waals surface area contributed by atoms with E-state index in [2.05, 4.69) is 24.0 Å². The van der Waals surface area contributed by atoms with E-state index in [-0.39, 0.29) is 0 Å². The topological polar surface area (TPSA) is 48.1 Å². The molecule has 96 valence electrons. The number of aromatic nitrogens is 1. The molecule has 0 aliphatic carbocycles. The van der Waals surface area contributed by atoms with Crippen LogP contribution in [0.3, 0.4) is 0 Å². The van der Waals surface area contributed by atoms with Gasteiger partial charge in [0.25, 0.3) is 0 Å². The minimum absolute atomic E-state index is 0.487. The highest BCUT2D eigenvalue weighted by Gasteiger charge is 2.13. The zero-order valence-corrected chi connectivity index (χ0v) is 11.8. The van der Waals surface area contributed by atoms with Crippen LogP contribution < -0.4 is 10.5 Å². The molecule has 3 nitrogen and oxygen atoms in total. The molecule has 0 bridgehead atoms. The number of methoxy groups -OCH3 is 1. The molecular formula is C14H18N2OS. The third-order valence-electron chi connectivity index (χ3n) is 2.93. The minimum atomic E-state index is 0.487. The van der Waals surface area contributed by atoms with Crippen molar-refractivity contribution in [1.29, 1.82) is 0 Å². The zero-order valence-electron chi connectivity index (χ0n) is 11.0. The summed E-state index contributed by atoms with van der Waals surface area (Å²) in [5.74, 6) is 0.891. The van der Waals surface area contributed by atoms with E-state index in [9.17, 15) is 0 Å². The number of nitrogens with zero attached hydrogens (tertiary/aromatic N) is 1. The fourth-order valence-corrected chi connectivity index (χ4v) is 2.91. The van der Waals surface area contributed by atoms with Crippen molar-refractivity contribution in [3.63, 3.8) is 0 Å². The van der Waals surface area contributed by atoms with Crippen molar-refractivity contribution in [2.75, 3.05) is 7.11 Å². The molecule has 2 aromatic rings. The van der Waals surface area contributed by atoms with Crippen molar-refractivity contribution in [2.24, 2.45) is 5.73 Å². The Bertz CT molecular complexity index is 549. The van der Waals surface area contributed by atoms with Gasteiger partial charge in [-0.3, -0.25) is 0 Å². The molecule has 2 rings (SSSR count). The maximum absolute atomic E-state index is 5.65. The van der Waals surface area contributed by atoms with Gasteiger partial charge in [-0.05, 0) is 31.0 Å². The SMILES string of the molecule is CCc1ccc(OC)c(-c2sc(CN)nc2C)c1. The highest BCUT2D eigenvalue weighted by atomic mass is 32.1. The predicted octanol–water partition coefficient (Wildman–Crippen LogP) is 3.15. The average molecular weight is 262 g/mol. The summed E-state index contributed by atoms with van der Waals surface area (Å²) in [4.78, 5) is 5.63. The van der Waals surface area contributed by atoms with Gasteiger partial charge < -0.3 is 10.5 Å². The van der Waals surface area contributed by atoms with Gasteiger partial charge in [0.05, 0.1) is 17.7 Å². The highest BCUT2D eigenvalue weighted by molar-refractivity contribution is 7.15. The van der Waals surface area contributed by atoms with Crippen LogP contribution >= 0.6 is 11.3 Å². The Morgan fingerprint density at radius 3 is 2.72 bits per heavy atom. The maximum atomic E-state index is 5.65. The van der Waals surface area contributed by atoms with Crippen LogP contribution in [-0.4, -0.2) is 12.1 Å². The molecule has 0 spiro atoms. The first-order valence-electron chi connectivity index (χ1n) is 6.03. The third kappa shape index (κ3) is 2.40. The van der Waals surface area contributed by atoms with E-state index in [1.165, 1.54) is 5.56 Å². The van der Waals surface area contributed by atoms with Gasteiger partial charge >= 0.3 is 0 Å². The van der Waals surface area contributed by atoms with Crippen LogP contribution in [0, 0.1) is 6.92 Å². The highest BCUT2D eigenvalue weighted by Crippen LogP contribution is 2.37. The second-order valence-corrected chi connectivity index (χ2v) is 5.20. The van der Waals surface area contributed by atoms with Gasteiger partial charge in [0.2, 0.25) is 0 Å². The molecule has 0 aliphatic rings. The Hall–Kier alpha value is -1.39. The van der Waals surface area contributed by atoms with Crippen molar-refractivity contribution in [3.8, 4) is 16.2 Å². The van der Waals surface area contributed by atoms with Crippen LogP contribution in [0.15, 0.2) is 18.2 Å². The normalized spacial score (nSPS) is 10.7. The molecule has 2 N–H and O–H groups in total. The van der Waals surface area contributed by atoms with Gasteiger partial charge in [0.1, 0.15) is 10.8 Å². The molecule has 0 radical (unpaired) electrons. The van der Waals surface area contributed by atoms with Gasteiger partial charge in [-0.2, -0.15) is 0 Å². The second kappa shape index (κ2) is 5.50. The van der Waals surface area contributed by atoms with E-state index in [0.717, 1.165) is 33.3 Å². The number of hydrogen-bond acceptors (Lipinski definition) is 4. The number of aryl methyl sites for hydroxylation is 2. The van der Waals surface area contributed by atoms with Gasteiger partial charge in [-0.1, -0.05) is 13.0 Å². The van der Waals surface area contributed by atoms with Crippen molar-refractivity contribution in [1.82, 2.24) is 4.98 Å². The van der Waals surface area contributed by atoms with E-state index >= 15 is 0 Å². The van der Waals surface area contributed by atoms with Crippen molar-refractivity contribution >= 4 is 11.3 Å². The lowest BCUT2D eigenvalue weighted by atomic mass is 10.1. The van der Waals surface area contributed by atoms with Crippen LogP contribution in [0.4, 0.5) is 0 Å². The van der Waals surface area contributed by atoms with Crippen molar-refractivity contribution < 1.29 is 4.74 Å². The molecular weight excluding hydrogens is 244 g/mol. The van der Waals surface area contributed by atoms with Crippen molar-refractivity contribution in [3.05, 3.63) is 34.5 Å². The molecule has 0 amide bonds. The molecule has 18 heavy (non-hydrogen) atoms. The fraction of sp³-hybridized carbons (Fsp3) is 0.357. The summed E-state index contributed by atoms with van der Waals surface area (Å²) in [5, 5.41) is 0.964. The number of hydrogen-bond donors (Lipinski definition) is 1. The first kappa shape index (κ1) is 13.1. The standard InChI is InChI=1S/C14H18N2OS/c1-4-10-5-6-12(17-3)11(7-10)14-9(2)16-13(8-15)18-14/h5-7H,4,8,15H2,1-3H3. The zero-order chi connectivity index (χ0) is 13.1. The molecule has 0 fully saturated rings. The van der Waals surface area contributed by atoms with Crippen LogP contribution in [0.1, 0.15) is 23.2 Å². The molecule has 0 saturated carbocycles. The average Bonchev–Trinajstić information content (AvgIpc) is 2.79. The molecule has 0 unspecified atom stereocenters. The Balaban J connectivity index is 2.56. The summed E-state index contributed by atoms with van der Waals surface area (Å²) in [6.07, 6.45) is 1.01.